The lowest BCUT2D eigenvalue weighted by molar-refractivity contribution is 0.459. The summed E-state index contributed by atoms with van der Waals surface area (Å²) in [5, 5.41) is 4.71. The van der Waals surface area contributed by atoms with E-state index in [4.69, 9.17) is 4.42 Å². The van der Waals surface area contributed by atoms with Crippen LogP contribution in [0.15, 0.2) is 65.1 Å². The van der Waals surface area contributed by atoms with Crippen molar-refractivity contribution in [1.82, 2.24) is 5.32 Å². The Balaban J connectivity index is 1.50. The molecule has 3 rings (SSSR count). The van der Waals surface area contributed by atoms with Gasteiger partial charge in [0, 0.05) is 11.4 Å². The Morgan fingerprint density at radius 2 is 1.76 bits per heavy atom. The first kappa shape index (κ1) is 13.9. The van der Waals surface area contributed by atoms with E-state index in [1.54, 1.807) is 0 Å². The fraction of sp³-hybridized carbons (Fsp3) is 0.263. The van der Waals surface area contributed by atoms with Crippen LogP contribution in [0.2, 0.25) is 0 Å². The van der Waals surface area contributed by atoms with Crippen LogP contribution in [-0.2, 0) is 13.0 Å². The summed E-state index contributed by atoms with van der Waals surface area (Å²) in [7, 11) is 0. The molecule has 1 heterocycles. The van der Waals surface area contributed by atoms with Crippen molar-refractivity contribution in [1.29, 1.82) is 0 Å². The maximum Gasteiger partial charge on any atom is 0.134 e. The predicted molar refractivity (Wildman–Crippen MR) is 87.3 cm³/mol. The van der Waals surface area contributed by atoms with Crippen molar-refractivity contribution in [3.63, 3.8) is 0 Å². The average Bonchev–Trinajstić information content (AvgIpc) is 2.95. The van der Waals surface area contributed by atoms with Gasteiger partial charge in [-0.2, -0.15) is 0 Å². The third-order valence-corrected chi connectivity index (χ3v) is 3.81. The van der Waals surface area contributed by atoms with E-state index >= 15 is 0 Å². The highest BCUT2D eigenvalue weighted by atomic mass is 16.3. The van der Waals surface area contributed by atoms with Crippen molar-refractivity contribution < 1.29 is 4.42 Å². The first-order chi connectivity index (χ1) is 10.3. The molecular weight excluding hydrogens is 258 g/mol. The number of benzene rings is 2. The van der Waals surface area contributed by atoms with Gasteiger partial charge in [-0.05, 0) is 37.5 Å². The van der Waals surface area contributed by atoms with E-state index < -0.39 is 0 Å². The SMILES string of the molecule is CC(CCc1ccccc1)NCc1cc2ccccc2o1. The fourth-order valence-electron chi connectivity index (χ4n) is 2.53. The third-order valence-electron chi connectivity index (χ3n) is 3.81. The highest BCUT2D eigenvalue weighted by molar-refractivity contribution is 5.77. The van der Waals surface area contributed by atoms with Gasteiger partial charge < -0.3 is 9.73 Å². The summed E-state index contributed by atoms with van der Waals surface area (Å²) in [5.41, 5.74) is 2.36. The van der Waals surface area contributed by atoms with Crippen LogP contribution in [-0.4, -0.2) is 6.04 Å². The lowest BCUT2D eigenvalue weighted by atomic mass is 10.1. The van der Waals surface area contributed by atoms with Crippen LogP contribution in [0.4, 0.5) is 0 Å². The molecule has 0 amide bonds. The molecule has 0 radical (unpaired) electrons. The lowest BCUT2D eigenvalue weighted by Crippen LogP contribution is -2.25. The van der Waals surface area contributed by atoms with Crippen molar-refractivity contribution in [3.8, 4) is 0 Å². The minimum Gasteiger partial charge on any atom is -0.460 e. The molecule has 0 aliphatic rings. The summed E-state index contributed by atoms with van der Waals surface area (Å²) >= 11 is 0. The van der Waals surface area contributed by atoms with Crippen molar-refractivity contribution in [3.05, 3.63) is 72.0 Å². The third kappa shape index (κ3) is 3.73. The van der Waals surface area contributed by atoms with Crippen LogP contribution in [0, 0.1) is 0 Å². The van der Waals surface area contributed by atoms with E-state index in [1.807, 2.05) is 18.2 Å². The molecule has 0 aliphatic carbocycles. The van der Waals surface area contributed by atoms with E-state index in [0.717, 1.165) is 30.7 Å². The zero-order valence-electron chi connectivity index (χ0n) is 12.4. The molecule has 0 spiro atoms. The number of rotatable bonds is 6. The highest BCUT2D eigenvalue weighted by Crippen LogP contribution is 2.18. The molecule has 0 aliphatic heterocycles. The Hall–Kier alpha value is -2.06. The molecule has 2 nitrogen and oxygen atoms in total. The molecular formula is C19H21NO. The van der Waals surface area contributed by atoms with Gasteiger partial charge in [-0.15, -0.1) is 0 Å². The van der Waals surface area contributed by atoms with E-state index in [-0.39, 0.29) is 0 Å². The Kier molecular flexibility index (Phi) is 4.37. The summed E-state index contributed by atoms with van der Waals surface area (Å²) in [5.74, 6) is 1.00. The molecule has 0 fully saturated rings. The van der Waals surface area contributed by atoms with Crippen LogP contribution in [0.25, 0.3) is 11.0 Å². The van der Waals surface area contributed by atoms with E-state index in [1.165, 1.54) is 10.9 Å². The van der Waals surface area contributed by atoms with Gasteiger partial charge in [-0.3, -0.25) is 0 Å². The normalized spacial score (nSPS) is 12.6. The molecule has 2 heteroatoms. The van der Waals surface area contributed by atoms with Gasteiger partial charge in [-0.1, -0.05) is 48.5 Å². The second-order valence-corrected chi connectivity index (χ2v) is 5.56. The predicted octanol–water partition coefficient (Wildman–Crippen LogP) is 4.54. The minimum atomic E-state index is 0.471. The van der Waals surface area contributed by atoms with Crippen molar-refractivity contribution in [2.75, 3.05) is 0 Å². The van der Waals surface area contributed by atoms with Crippen LogP contribution in [0.1, 0.15) is 24.7 Å². The Bertz CT molecular complexity index is 654. The molecule has 1 unspecified atom stereocenters. The molecule has 1 atom stereocenters. The molecule has 1 aromatic heterocycles. The number of para-hydroxylation sites is 1. The first-order valence-corrected chi connectivity index (χ1v) is 7.56. The van der Waals surface area contributed by atoms with Crippen LogP contribution >= 0.6 is 0 Å². The maximum atomic E-state index is 5.82. The second kappa shape index (κ2) is 6.59. The number of nitrogens with one attached hydrogen (secondary N) is 1. The van der Waals surface area contributed by atoms with Gasteiger partial charge >= 0.3 is 0 Å². The number of furan rings is 1. The summed E-state index contributed by atoms with van der Waals surface area (Å²) < 4.78 is 5.82. The van der Waals surface area contributed by atoms with Gasteiger partial charge in [0.25, 0.3) is 0 Å². The molecule has 2 aromatic carbocycles. The van der Waals surface area contributed by atoms with Crippen LogP contribution in [0.5, 0.6) is 0 Å². The smallest absolute Gasteiger partial charge is 0.134 e. The molecule has 21 heavy (non-hydrogen) atoms. The van der Waals surface area contributed by atoms with Crippen LogP contribution in [0.3, 0.4) is 0 Å². The summed E-state index contributed by atoms with van der Waals surface area (Å²) in [6.07, 6.45) is 2.24. The zero-order valence-corrected chi connectivity index (χ0v) is 12.4. The molecule has 0 saturated heterocycles. The summed E-state index contributed by atoms with van der Waals surface area (Å²) in [4.78, 5) is 0. The van der Waals surface area contributed by atoms with Gasteiger partial charge in [0.1, 0.15) is 11.3 Å². The van der Waals surface area contributed by atoms with E-state index in [0.29, 0.717) is 6.04 Å². The fourth-order valence-corrected chi connectivity index (χ4v) is 2.53. The number of hydrogen-bond donors (Lipinski definition) is 1. The van der Waals surface area contributed by atoms with Crippen molar-refractivity contribution >= 4 is 11.0 Å². The second-order valence-electron chi connectivity index (χ2n) is 5.56. The minimum absolute atomic E-state index is 0.471. The quantitative estimate of drug-likeness (QED) is 0.716. The topological polar surface area (TPSA) is 25.2 Å². The number of fused-ring (bicyclic) bond motifs is 1. The standard InChI is InChI=1S/C19H21NO/c1-15(11-12-16-7-3-2-4-8-16)20-14-18-13-17-9-5-6-10-19(17)21-18/h2-10,13,15,20H,11-12,14H2,1H3. The van der Waals surface area contributed by atoms with E-state index in [2.05, 4.69) is 54.7 Å². The average molecular weight is 279 g/mol. The first-order valence-electron chi connectivity index (χ1n) is 7.56. The Labute approximate surface area is 125 Å². The van der Waals surface area contributed by atoms with Gasteiger partial charge in [0.15, 0.2) is 0 Å². The Morgan fingerprint density at radius 1 is 1.00 bits per heavy atom. The molecule has 1 N–H and O–H groups in total. The largest absolute Gasteiger partial charge is 0.460 e. The number of hydrogen-bond acceptors (Lipinski definition) is 2. The molecule has 0 bridgehead atoms. The van der Waals surface area contributed by atoms with Crippen LogP contribution < -0.4 is 5.32 Å². The van der Waals surface area contributed by atoms with E-state index in [9.17, 15) is 0 Å². The van der Waals surface area contributed by atoms with Gasteiger partial charge in [0.2, 0.25) is 0 Å². The monoisotopic (exact) mass is 279 g/mol. The van der Waals surface area contributed by atoms with Gasteiger partial charge in [0.05, 0.1) is 6.54 Å². The number of aryl methyl sites for hydroxylation is 1. The maximum absolute atomic E-state index is 5.82. The van der Waals surface area contributed by atoms with Crippen molar-refractivity contribution in [2.24, 2.45) is 0 Å². The molecule has 0 saturated carbocycles. The summed E-state index contributed by atoms with van der Waals surface area (Å²) in [6.45, 7) is 3.01. The molecule has 3 aromatic rings. The molecule has 108 valence electrons. The lowest BCUT2D eigenvalue weighted by Gasteiger charge is -2.12. The summed E-state index contributed by atoms with van der Waals surface area (Å²) in [6, 6.07) is 21.4. The zero-order chi connectivity index (χ0) is 14.5. The Morgan fingerprint density at radius 3 is 2.57 bits per heavy atom. The highest BCUT2D eigenvalue weighted by Gasteiger charge is 2.06. The van der Waals surface area contributed by atoms with Crippen molar-refractivity contribution in [2.45, 2.75) is 32.4 Å². The van der Waals surface area contributed by atoms with Gasteiger partial charge in [-0.25, -0.2) is 0 Å².